The van der Waals surface area contributed by atoms with Crippen molar-refractivity contribution in [2.75, 3.05) is 0 Å². The number of hydrogen-bond acceptors (Lipinski definition) is 1. The second kappa shape index (κ2) is 8.34. The first-order valence-corrected chi connectivity index (χ1v) is 10.6. The SMILES string of the molecule is CC(C)[Si](C#CCCC(=O)c1ccccc1)(C(C)C)C(C)C. The lowest BCUT2D eigenvalue weighted by Gasteiger charge is -2.38. The lowest BCUT2D eigenvalue weighted by atomic mass is 10.1. The molecule has 0 radical (unpaired) electrons. The molecule has 1 aromatic rings. The van der Waals surface area contributed by atoms with E-state index >= 15 is 0 Å². The summed E-state index contributed by atoms with van der Waals surface area (Å²) >= 11 is 0. The maximum Gasteiger partial charge on any atom is 0.163 e. The van der Waals surface area contributed by atoms with E-state index in [9.17, 15) is 4.79 Å². The largest absolute Gasteiger partial charge is 0.294 e. The van der Waals surface area contributed by atoms with Crippen molar-refractivity contribution < 1.29 is 4.79 Å². The van der Waals surface area contributed by atoms with E-state index in [1.54, 1.807) is 0 Å². The van der Waals surface area contributed by atoms with Gasteiger partial charge < -0.3 is 0 Å². The number of rotatable bonds is 6. The molecule has 0 atom stereocenters. The van der Waals surface area contributed by atoms with E-state index in [2.05, 4.69) is 53.0 Å². The highest BCUT2D eigenvalue weighted by Gasteiger charge is 2.41. The topological polar surface area (TPSA) is 17.1 Å². The van der Waals surface area contributed by atoms with Crippen molar-refractivity contribution in [3.63, 3.8) is 0 Å². The molecule has 2 heteroatoms. The molecule has 0 amide bonds. The number of benzene rings is 1. The van der Waals surface area contributed by atoms with Crippen molar-refractivity contribution >= 4 is 13.9 Å². The zero-order valence-electron chi connectivity index (χ0n) is 14.9. The normalized spacial score (nSPS) is 11.7. The van der Waals surface area contributed by atoms with Gasteiger partial charge in [-0.05, 0) is 16.6 Å². The van der Waals surface area contributed by atoms with Gasteiger partial charge in [-0.3, -0.25) is 4.79 Å². The Morgan fingerprint density at radius 1 is 0.955 bits per heavy atom. The quantitative estimate of drug-likeness (QED) is 0.364. The van der Waals surface area contributed by atoms with Gasteiger partial charge in [0.1, 0.15) is 8.07 Å². The second-order valence-electron chi connectivity index (χ2n) is 6.99. The molecule has 0 aliphatic carbocycles. The van der Waals surface area contributed by atoms with Crippen LogP contribution in [-0.2, 0) is 0 Å². The molecular formula is C20H30OSi. The monoisotopic (exact) mass is 314 g/mol. The van der Waals surface area contributed by atoms with Gasteiger partial charge in [-0.15, -0.1) is 11.5 Å². The van der Waals surface area contributed by atoms with E-state index in [1.165, 1.54) is 0 Å². The van der Waals surface area contributed by atoms with Crippen LogP contribution in [0.25, 0.3) is 0 Å². The Morgan fingerprint density at radius 2 is 1.45 bits per heavy atom. The molecule has 0 bridgehead atoms. The average Bonchev–Trinajstić information content (AvgIpc) is 2.46. The van der Waals surface area contributed by atoms with E-state index in [-0.39, 0.29) is 5.78 Å². The fourth-order valence-electron chi connectivity index (χ4n) is 3.59. The predicted octanol–water partition coefficient (Wildman–Crippen LogP) is 5.87. The van der Waals surface area contributed by atoms with Gasteiger partial charge in [0.05, 0.1) is 0 Å². The molecule has 1 aromatic carbocycles. The first-order chi connectivity index (χ1) is 10.3. The summed E-state index contributed by atoms with van der Waals surface area (Å²) in [6, 6.07) is 9.51. The molecule has 1 nitrogen and oxygen atoms in total. The van der Waals surface area contributed by atoms with E-state index in [0.29, 0.717) is 29.5 Å². The van der Waals surface area contributed by atoms with Crippen molar-refractivity contribution in [1.82, 2.24) is 0 Å². The molecule has 0 saturated carbocycles. The Kier molecular flexibility index (Phi) is 7.09. The van der Waals surface area contributed by atoms with Crippen LogP contribution in [0.5, 0.6) is 0 Å². The van der Waals surface area contributed by atoms with Crippen molar-refractivity contribution in [2.24, 2.45) is 0 Å². The molecule has 0 N–H and O–H groups in total. The van der Waals surface area contributed by atoms with Crippen LogP contribution in [0, 0.1) is 11.5 Å². The summed E-state index contributed by atoms with van der Waals surface area (Å²) in [4.78, 5) is 12.1. The van der Waals surface area contributed by atoms with Gasteiger partial charge in [-0.2, -0.15) is 0 Å². The van der Waals surface area contributed by atoms with Crippen LogP contribution in [0.1, 0.15) is 64.7 Å². The van der Waals surface area contributed by atoms with Crippen molar-refractivity contribution in [3.05, 3.63) is 35.9 Å². The Balaban J connectivity index is 2.77. The minimum absolute atomic E-state index is 0.195. The van der Waals surface area contributed by atoms with Crippen LogP contribution in [0.4, 0.5) is 0 Å². The van der Waals surface area contributed by atoms with E-state index in [0.717, 1.165) is 5.56 Å². The smallest absolute Gasteiger partial charge is 0.163 e. The summed E-state index contributed by atoms with van der Waals surface area (Å²) in [5.41, 5.74) is 6.40. The fraction of sp³-hybridized carbons (Fsp3) is 0.550. The molecular weight excluding hydrogens is 284 g/mol. The van der Waals surface area contributed by atoms with Crippen LogP contribution < -0.4 is 0 Å². The number of hydrogen-bond donors (Lipinski definition) is 0. The third-order valence-electron chi connectivity index (χ3n) is 4.74. The fourth-order valence-corrected chi connectivity index (χ4v) is 8.89. The molecule has 0 aromatic heterocycles. The number of ketones is 1. The van der Waals surface area contributed by atoms with Gasteiger partial charge in [-0.25, -0.2) is 0 Å². The third-order valence-corrected chi connectivity index (χ3v) is 11.1. The highest BCUT2D eigenvalue weighted by Crippen LogP contribution is 2.40. The van der Waals surface area contributed by atoms with Crippen LogP contribution >= 0.6 is 0 Å². The Morgan fingerprint density at radius 3 is 1.91 bits per heavy atom. The van der Waals surface area contributed by atoms with E-state index in [4.69, 9.17) is 0 Å². The molecule has 22 heavy (non-hydrogen) atoms. The van der Waals surface area contributed by atoms with E-state index < -0.39 is 8.07 Å². The van der Waals surface area contributed by atoms with Crippen LogP contribution in [0.2, 0.25) is 16.6 Å². The van der Waals surface area contributed by atoms with Crippen LogP contribution in [0.15, 0.2) is 30.3 Å². The first kappa shape index (κ1) is 18.7. The van der Waals surface area contributed by atoms with Gasteiger partial charge in [-0.1, -0.05) is 71.9 Å². The molecule has 0 aliphatic rings. The maximum atomic E-state index is 12.1. The minimum atomic E-state index is -1.65. The first-order valence-electron chi connectivity index (χ1n) is 8.40. The summed E-state index contributed by atoms with van der Waals surface area (Å²) in [5, 5.41) is 0. The highest BCUT2D eigenvalue weighted by atomic mass is 28.3. The van der Waals surface area contributed by atoms with Crippen molar-refractivity contribution in [3.8, 4) is 11.5 Å². The lowest BCUT2D eigenvalue weighted by molar-refractivity contribution is 0.0984. The maximum absolute atomic E-state index is 12.1. The molecule has 0 spiro atoms. The molecule has 120 valence electrons. The Hall–Kier alpha value is -1.33. The van der Waals surface area contributed by atoms with E-state index in [1.807, 2.05) is 30.3 Å². The average molecular weight is 315 g/mol. The van der Waals surface area contributed by atoms with Gasteiger partial charge in [0.2, 0.25) is 0 Å². The zero-order chi connectivity index (χ0) is 16.8. The number of carbonyl (C=O) groups is 1. The summed E-state index contributed by atoms with van der Waals surface area (Å²) in [5.74, 6) is 3.56. The van der Waals surface area contributed by atoms with Crippen LogP contribution in [-0.4, -0.2) is 13.9 Å². The standard InChI is InChI=1S/C20H30OSi/c1-16(2)22(17(3)4,18(5)6)15-11-10-14-20(21)19-12-8-7-9-13-19/h7-9,12-13,16-18H,10,14H2,1-6H3. The molecule has 0 fully saturated rings. The molecule has 0 aliphatic heterocycles. The summed E-state index contributed by atoms with van der Waals surface area (Å²) in [6.45, 7) is 13.9. The van der Waals surface area contributed by atoms with Crippen molar-refractivity contribution in [1.29, 1.82) is 0 Å². The molecule has 0 heterocycles. The van der Waals surface area contributed by atoms with Gasteiger partial charge in [0, 0.05) is 18.4 Å². The molecule has 1 rings (SSSR count). The number of carbonyl (C=O) groups excluding carboxylic acids is 1. The van der Waals surface area contributed by atoms with Gasteiger partial charge in [0.15, 0.2) is 5.78 Å². The second-order valence-corrected chi connectivity index (χ2v) is 12.6. The Bertz CT molecular complexity index is 510. The lowest BCUT2D eigenvalue weighted by Crippen LogP contribution is -2.43. The molecule has 0 saturated heterocycles. The Labute approximate surface area is 137 Å². The summed E-state index contributed by atoms with van der Waals surface area (Å²) in [7, 11) is -1.65. The molecule has 0 unspecified atom stereocenters. The summed E-state index contributed by atoms with van der Waals surface area (Å²) in [6.07, 6.45) is 1.20. The van der Waals surface area contributed by atoms with Gasteiger partial charge in [0.25, 0.3) is 0 Å². The third kappa shape index (κ3) is 4.33. The minimum Gasteiger partial charge on any atom is -0.294 e. The zero-order valence-corrected chi connectivity index (χ0v) is 15.9. The van der Waals surface area contributed by atoms with Gasteiger partial charge >= 0.3 is 0 Å². The summed E-state index contributed by atoms with van der Waals surface area (Å²) < 4.78 is 0. The highest BCUT2D eigenvalue weighted by molar-refractivity contribution is 6.90. The predicted molar refractivity (Wildman–Crippen MR) is 98.8 cm³/mol. The van der Waals surface area contributed by atoms with Crippen molar-refractivity contribution in [2.45, 2.75) is 71.0 Å². The van der Waals surface area contributed by atoms with Crippen LogP contribution in [0.3, 0.4) is 0 Å². The number of Topliss-reactive ketones (excluding diaryl/α,β-unsaturated/α-hetero) is 1.